The van der Waals surface area contributed by atoms with Gasteiger partial charge in [0.25, 0.3) is 0 Å². The molecule has 0 aromatic heterocycles. The average Bonchev–Trinajstić information content (AvgIpc) is 1.65. The van der Waals surface area contributed by atoms with E-state index in [1.807, 2.05) is 0 Å². The third kappa shape index (κ3) is 2.96. The molecule has 0 heterocycles. The van der Waals surface area contributed by atoms with Gasteiger partial charge in [-0.05, 0) is 14.0 Å². The first kappa shape index (κ1) is 9.11. The van der Waals surface area contributed by atoms with Gasteiger partial charge in [-0.3, -0.25) is 4.57 Å². The summed E-state index contributed by atoms with van der Waals surface area (Å²) in [6, 6.07) is 0. The van der Waals surface area contributed by atoms with Crippen LogP contribution in [0.3, 0.4) is 0 Å². The molecule has 0 bridgehead atoms. The van der Waals surface area contributed by atoms with Crippen molar-refractivity contribution in [2.24, 2.45) is 0 Å². The number of nitrogens with one attached hydrogen (secondary N) is 1. The van der Waals surface area contributed by atoms with Crippen LogP contribution in [0.4, 0.5) is 0 Å². The van der Waals surface area contributed by atoms with Crippen molar-refractivity contribution in [3.8, 4) is 0 Å². The van der Waals surface area contributed by atoms with Crippen LogP contribution in [0, 0.1) is 0 Å². The van der Waals surface area contributed by atoms with Crippen LogP contribution in [-0.2, 0) is 4.57 Å². The molecule has 0 aliphatic rings. The van der Waals surface area contributed by atoms with E-state index in [9.17, 15) is 4.57 Å². The minimum absolute atomic E-state index is 0.0370. The van der Waals surface area contributed by atoms with Gasteiger partial charge in [0, 0.05) is 0 Å². The number of hydrogen-bond donors (Lipinski definition) is 3. The Morgan fingerprint density at radius 2 is 2.22 bits per heavy atom. The summed E-state index contributed by atoms with van der Waals surface area (Å²) >= 11 is 0. The molecule has 0 amide bonds. The SMILES string of the molecule is CNCP(=O)(O)C(C)O. The van der Waals surface area contributed by atoms with Gasteiger partial charge in [-0.1, -0.05) is 0 Å². The molecule has 2 atom stereocenters. The maximum atomic E-state index is 10.8. The van der Waals surface area contributed by atoms with Crippen LogP contribution in [0.5, 0.6) is 0 Å². The van der Waals surface area contributed by atoms with Gasteiger partial charge in [0.15, 0.2) is 0 Å². The smallest absolute Gasteiger partial charge is 0.241 e. The van der Waals surface area contributed by atoms with Gasteiger partial charge in [-0.15, -0.1) is 0 Å². The van der Waals surface area contributed by atoms with E-state index in [2.05, 4.69) is 5.32 Å². The van der Waals surface area contributed by atoms with E-state index in [0.29, 0.717) is 0 Å². The van der Waals surface area contributed by atoms with E-state index >= 15 is 0 Å². The van der Waals surface area contributed by atoms with Crippen LogP contribution in [0.15, 0.2) is 0 Å². The Hall–Kier alpha value is 0.110. The quantitative estimate of drug-likeness (QED) is 0.490. The highest BCUT2D eigenvalue weighted by molar-refractivity contribution is 7.58. The molecule has 2 unspecified atom stereocenters. The van der Waals surface area contributed by atoms with Crippen molar-refractivity contribution in [2.75, 3.05) is 13.3 Å². The molecule has 56 valence electrons. The van der Waals surface area contributed by atoms with Crippen LogP contribution in [0.25, 0.3) is 0 Å². The van der Waals surface area contributed by atoms with Crippen molar-refractivity contribution < 1.29 is 14.6 Å². The molecule has 0 aliphatic heterocycles. The molecule has 0 spiro atoms. The highest BCUT2D eigenvalue weighted by Crippen LogP contribution is 2.42. The van der Waals surface area contributed by atoms with Gasteiger partial charge >= 0.3 is 0 Å². The van der Waals surface area contributed by atoms with Crippen molar-refractivity contribution in [3.63, 3.8) is 0 Å². The zero-order valence-electron chi connectivity index (χ0n) is 5.53. The lowest BCUT2D eigenvalue weighted by Gasteiger charge is -2.12. The molecule has 0 fully saturated rings. The molecular weight excluding hydrogens is 141 g/mol. The molecule has 0 saturated heterocycles. The third-order valence-corrected chi connectivity index (χ3v) is 2.91. The monoisotopic (exact) mass is 153 g/mol. The summed E-state index contributed by atoms with van der Waals surface area (Å²) in [6.07, 6.45) is -0.0370. The van der Waals surface area contributed by atoms with Gasteiger partial charge in [0.1, 0.15) is 5.85 Å². The topological polar surface area (TPSA) is 69.6 Å². The molecule has 0 aliphatic carbocycles. The Labute approximate surface area is 54.3 Å². The van der Waals surface area contributed by atoms with Crippen LogP contribution in [0.2, 0.25) is 0 Å². The molecule has 3 N–H and O–H groups in total. The Balaban J connectivity index is 3.87. The highest BCUT2D eigenvalue weighted by atomic mass is 31.2. The zero-order valence-corrected chi connectivity index (χ0v) is 6.43. The lowest BCUT2D eigenvalue weighted by atomic mass is 10.9. The fourth-order valence-electron chi connectivity index (χ4n) is 0.359. The normalized spacial score (nSPS) is 20.9. The minimum atomic E-state index is -3.32. The first-order valence-corrected chi connectivity index (χ1v) is 4.56. The second-order valence-corrected chi connectivity index (χ2v) is 4.47. The highest BCUT2D eigenvalue weighted by Gasteiger charge is 2.22. The first-order chi connectivity index (χ1) is 4.00. The van der Waals surface area contributed by atoms with Crippen molar-refractivity contribution in [3.05, 3.63) is 0 Å². The van der Waals surface area contributed by atoms with E-state index in [-0.39, 0.29) is 6.29 Å². The molecule has 0 aromatic carbocycles. The van der Waals surface area contributed by atoms with Crippen LogP contribution < -0.4 is 5.32 Å². The van der Waals surface area contributed by atoms with Crippen LogP contribution >= 0.6 is 7.37 Å². The number of hydrogen-bond acceptors (Lipinski definition) is 3. The summed E-state index contributed by atoms with van der Waals surface area (Å²) in [5.41, 5.74) is 0. The van der Waals surface area contributed by atoms with Crippen molar-refractivity contribution in [1.82, 2.24) is 5.32 Å². The Morgan fingerprint density at radius 1 is 1.78 bits per heavy atom. The fraction of sp³-hybridized carbons (Fsp3) is 1.00. The Morgan fingerprint density at radius 3 is 2.33 bits per heavy atom. The third-order valence-electron chi connectivity index (χ3n) is 0.969. The second kappa shape index (κ2) is 3.32. The molecule has 0 radical (unpaired) electrons. The molecule has 0 saturated carbocycles. The molecule has 4 nitrogen and oxygen atoms in total. The summed E-state index contributed by atoms with van der Waals surface area (Å²) in [5, 5.41) is 11.2. The van der Waals surface area contributed by atoms with Crippen LogP contribution in [-0.4, -0.2) is 29.2 Å². The second-order valence-electron chi connectivity index (χ2n) is 1.90. The molecule has 0 rings (SSSR count). The van der Waals surface area contributed by atoms with Crippen molar-refractivity contribution in [1.29, 1.82) is 0 Å². The van der Waals surface area contributed by atoms with Crippen LogP contribution in [0.1, 0.15) is 6.92 Å². The fourth-order valence-corrected chi connectivity index (χ4v) is 1.08. The Kier molecular flexibility index (Phi) is 3.36. The van der Waals surface area contributed by atoms with Gasteiger partial charge < -0.3 is 15.3 Å². The van der Waals surface area contributed by atoms with Gasteiger partial charge in [0.05, 0.1) is 6.29 Å². The first-order valence-electron chi connectivity index (χ1n) is 2.65. The standard InChI is InChI=1S/C4H12NO3P/c1-4(6)9(7,8)3-5-2/h4-6H,3H2,1-2H3,(H,7,8). The van der Waals surface area contributed by atoms with E-state index in [1.165, 1.54) is 6.92 Å². The summed E-state index contributed by atoms with van der Waals surface area (Å²) < 4.78 is 10.8. The van der Waals surface area contributed by atoms with Gasteiger partial charge in [-0.25, -0.2) is 0 Å². The molecule has 0 aromatic rings. The summed E-state index contributed by atoms with van der Waals surface area (Å²) in [7, 11) is -1.76. The van der Waals surface area contributed by atoms with E-state index in [1.54, 1.807) is 7.05 Å². The summed E-state index contributed by atoms with van der Waals surface area (Å²) in [5.74, 6) is -1.13. The molecule has 9 heavy (non-hydrogen) atoms. The lowest BCUT2D eigenvalue weighted by Crippen LogP contribution is -2.14. The number of aliphatic hydroxyl groups is 1. The molecule has 5 heteroatoms. The summed E-state index contributed by atoms with van der Waals surface area (Å²) in [4.78, 5) is 8.83. The minimum Gasteiger partial charge on any atom is -0.383 e. The largest absolute Gasteiger partial charge is 0.383 e. The van der Waals surface area contributed by atoms with Crippen molar-refractivity contribution >= 4 is 7.37 Å². The number of rotatable bonds is 3. The predicted molar refractivity (Wildman–Crippen MR) is 35.4 cm³/mol. The zero-order chi connectivity index (χ0) is 7.49. The number of aliphatic hydroxyl groups excluding tert-OH is 1. The van der Waals surface area contributed by atoms with E-state index < -0.39 is 13.2 Å². The van der Waals surface area contributed by atoms with Gasteiger partial charge in [-0.2, -0.15) is 0 Å². The van der Waals surface area contributed by atoms with Crippen molar-refractivity contribution in [2.45, 2.75) is 12.8 Å². The Bertz CT molecular complexity index is 125. The van der Waals surface area contributed by atoms with E-state index in [4.69, 9.17) is 10.00 Å². The maximum absolute atomic E-state index is 10.8. The molecular formula is C4H12NO3P. The van der Waals surface area contributed by atoms with E-state index in [0.717, 1.165) is 0 Å². The lowest BCUT2D eigenvalue weighted by molar-refractivity contribution is 0.247. The maximum Gasteiger partial charge on any atom is 0.241 e. The predicted octanol–water partition coefficient (Wildman–Crippen LogP) is -0.228. The average molecular weight is 153 g/mol. The summed E-state index contributed by atoms with van der Waals surface area (Å²) in [6.45, 7) is 1.30. The van der Waals surface area contributed by atoms with Gasteiger partial charge in [0.2, 0.25) is 7.37 Å².